The van der Waals surface area contributed by atoms with Crippen LogP contribution in [0.5, 0.6) is 5.75 Å². The van der Waals surface area contributed by atoms with Crippen molar-refractivity contribution in [2.45, 2.75) is 6.42 Å². The van der Waals surface area contributed by atoms with Gasteiger partial charge in [0, 0.05) is 17.7 Å². The molecule has 0 radical (unpaired) electrons. The molecule has 1 aromatic carbocycles. The molecular weight excluding hydrogens is 208 g/mol. The number of ether oxygens (including phenoxy) is 1. The molecule has 0 aromatic heterocycles. The van der Waals surface area contributed by atoms with Crippen molar-refractivity contribution >= 4 is 5.69 Å². The number of methoxy groups -OCH3 is 1. The zero-order chi connectivity index (χ0) is 11.5. The smallest absolute Gasteiger partial charge is 0.269 e. The number of nitro benzene ring substituents is 1. The molecule has 1 heterocycles. The summed E-state index contributed by atoms with van der Waals surface area (Å²) in [4.78, 5) is 10.3. The van der Waals surface area contributed by atoms with Gasteiger partial charge in [0.05, 0.1) is 12.0 Å². The summed E-state index contributed by atoms with van der Waals surface area (Å²) in [5.41, 5.74) is 1.05. The first-order valence-corrected chi connectivity index (χ1v) is 5.22. The van der Waals surface area contributed by atoms with E-state index in [0.29, 0.717) is 5.92 Å². The molecule has 86 valence electrons. The Kier molecular flexibility index (Phi) is 3.05. The van der Waals surface area contributed by atoms with Crippen LogP contribution in [0.3, 0.4) is 0 Å². The lowest BCUT2D eigenvalue weighted by molar-refractivity contribution is -0.384. The molecule has 1 aliphatic heterocycles. The van der Waals surface area contributed by atoms with Gasteiger partial charge >= 0.3 is 0 Å². The number of nitrogens with one attached hydrogen (secondary N) is 1. The molecule has 1 saturated heterocycles. The summed E-state index contributed by atoms with van der Waals surface area (Å²) in [5, 5.41) is 13.9. The van der Waals surface area contributed by atoms with E-state index in [1.165, 1.54) is 6.07 Å². The number of nitrogens with zero attached hydrogens (tertiary/aromatic N) is 1. The SMILES string of the molecule is COc1ccc([N+](=O)[O-])cc1CC1CNC1. The molecule has 0 atom stereocenters. The normalized spacial score (nSPS) is 15.6. The maximum atomic E-state index is 10.7. The molecule has 2 rings (SSSR count). The van der Waals surface area contributed by atoms with Gasteiger partial charge in [-0.25, -0.2) is 0 Å². The highest BCUT2D eigenvalue weighted by molar-refractivity contribution is 5.44. The molecule has 1 aromatic rings. The minimum Gasteiger partial charge on any atom is -0.496 e. The summed E-state index contributed by atoms with van der Waals surface area (Å²) < 4.78 is 5.21. The second-order valence-corrected chi connectivity index (χ2v) is 3.98. The van der Waals surface area contributed by atoms with Crippen LogP contribution in [0.4, 0.5) is 5.69 Å². The molecule has 0 unspecified atom stereocenters. The summed E-state index contributed by atoms with van der Waals surface area (Å²) in [7, 11) is 1.59. The van der Waals surface area contributed by atoms with Crippen molar-refractivity contribution in [3.05, 3.63) is 33.9 Å². The van der Waals surface area contributed by atoms with Crippen LogP contribution in [0.2, 0.25) is 0 Å². The predicted octanol–water partition coefficient (Wildman–Crippen LogP) is 1.37. The average molecular weight is 222 g/mol. The second-order valence-electron chi connectivity index (χ2n) is 3.98. The lowest BCUT2D eigenvalue weighted by Gasteiger charge is -2.27. The van der Waals surface area contributed by atoms with E-state index in [4.69, 9.17) is 4.74 Å². The molecule has 0 amide bonds. The number of benzene rings is 1. The molecule has 16 heavy (non-hydrogen) atoms. The van der Waals surface area contributed by atoms with Crippen LogP contribution in [0.25, 0.3) is 0 Å². The summed E-state index contributed by atoms with van der Waals surface area (Å²) in [6.45, 7) is 1.96. The highest BCUT2D eigenvalue weighted by atomic mass is 16.6. The monoisotopic (exact) mass is 222 g/mol. The van der Waals surface area contributed by atoms with E-state index in [-0.39, 0.29) is 10.6 Å². The van der Waals surface area contributed by atoms with Crippen molar-refractivity contribution in [3.63, 3.8) is 0 Å². The minimum absolute atomic E-state index is 0.128. The zero-order valence-corrected chi connectivity index (χ0v) is 9.10. The van der Waals surface area contributed by atoms with Crippen LogP contribution in [0.15, 0.2) is 18.2 Å². The largest absolute Gasteiger partial charge is 0.496 e. The van der Waals surface area contributed by atoms with Crippen LogP contribution in [0, 0.1) is 16.0 Å². The molecule has 1 fully saturated rings. The Morgan fingerprint density at radius 3 is 2.81 bits per heavy atom. The zero-order valence-electron chi connectivity index (χ0n) is 9.10. The number of hydrogen-bond acceptors (Lipinski definition) is 4. The Hall–Kier alpha value is -1.62. The third kappa shape index (κ3) is 2.14. The van der Waals surface area contributed by atoms with Crippen molar-refractivity contribution in [1.29, 1.82) is 0 Å². The lowest BCUT2D eigenvalue weighted by atomic mass is 9.93. The van der Waals surface area contributed by atoms with Gasteiger partial charge in [0.1, 0.15) is 5.75 Å². The fraction of sp³-hybridized carbons (Fsp3) is 0.455. The third-order valence-corrected chi connectivity index (χ3v) is 2.85. The summed E-state index contributed by atoms with van der Waals surface area (Å²) in [6.07, 6.45) is 0.831. The van der Waals surface area contributed by atoms with Crippen LogP contribution >= 0.6 is 0 Å². The average Bonchev–Trinajstić information content (AvgIpc) is 2.23. The van der Waals surface area contributed by atoms with Crippen molar-refractivity contribution in [2.24, 2.45) is 5.92 Å². The summed E-state index contributed by atoms with van der Waals surface area (Å²) >= 11 is 0. The Labute approximate surface area is 93.6 Å². The maximum absolute atomic E-state index is 10.7. The van der Waals surface area contributed by atoms with Crippen molar-refractivity contribution in [1.82, 2.24) is 5.32 Å². The third-order valence-electron chi connectivity index (χ3n) is 2.85. The maximum Gasteiger partial charge on any atom is 0.269 e. The highest BCUT2D eigenvalue weighted by Gasteiger charge is 2.20. The van der Waals surface area contributed by atoms with Gasteiger partial charge in [0.25, 0.3) is 5.69 Å². The van der Waals surface area contributed by atoms with E-state index in [1.54, 1.807) is 19.2 Å². The minimum atomic E-state index is -0.373. The lowest BCUT2D eigenvalue weighted by Crippen LogP contribution is -2.43. The van der Waals surface area contributed by atoms with Gasteiger partial charge in [0.15, 0.2) is 0 Å². The van der Waals surface area contributed by atoms with Crippen LogP contribution in [0.1, 0.15) is 5.56 Å². The Morgan fingerprint density at radius 1 is 1.56 bits per heavy atom. The Morgan fingerprint density at radius 2 is 2.31 bits per heavy atom. The van der Waals surface area contributed by atoms with Crippen LogP contribution < -0.4 is 10.1 Å². The van der Waals surface area contributed by atoms with Gasteiger partial charge in [0.2, 0.25) is 0 Å². The van der Waals surface area contributed by atoms with E-state index >= 15 is 0 Å². The van der Waals surface area contributed by atoms with Crippen molar-refractivity contribution in [2.75, 3.05) is 20.2 Å². The Bertz CT molecular complexity index is 402. The molecular formula is C11H14N2O3. The summed E-state index contributed by atoms with van der Waals surface area (Å²) in [5.74, 6) is 1.30. The van der Waals surface area contributed by atoms with Crippen LogP contribution in [-0.4, -0.2) is 25.1 Å². The van der Waals surface area contributed by atoms with Crippen molar-refractivity contribution in [3.8, 4) is 5.75 Å². The predicted molar refractivity (Wildman–Crippen MR) is 59.7 cm³/mol. The highest BCUT2D eigenvalue weighted by Crippen LogP contribution is 2.27. The first-order chi connectivity index (χ1) is 7.70. The van der Waals surface area contributed by atoms with E-state index in [1.807, 2.05) is 0 Å². The molecule has 0 bridgehead atoms. The van der Waals surface area contributed by atoms with Gasteiger partial charge < -0.3 is 10.1 Å². The fourth-order valence-electron chi connectivity index (χ4n) is 1.84. The first kappa shape index (κ1) is 10.9. The topological polar surface area (TPSA) is 64.4 Å². The molecule has 1 aliphatic rings. The summed E-state index contributed by atoms with van der Waals surface area (Å²) in [6, 6.07) is 4.75. The fourth-order valence-corrected chi connectivity index (χ4v) is 1.84. The number of rotatable bonds is 4. The number of nitro groups is 1. The van der Waals surface area contributed by atoms with E-state index in [2.05, 4.69) is 5.32 Å². The number of hydrogen-bond donors (Lipinski definition) is 1. The molecule has 1 N–H and O–H groups in total. The van der Waals surface area contributed by atoms with Gasteiger partial charge in [-0.1, -0.05) is 0 Å². The number of non-ortho nitro benzene ring substituents is 1. The first-order valence-electron chi connectivity index (χ1n) is 5.22. The second kappa shape index (κ2) is 4.49. The van der Waals surface area contributed by atoms with E-state index < -0.39 is 0 Å². The quantitative estimate of drug-likeness (QED) is 0.617. The molecule has 0 aliphatic carbocycles. The van der Waals surface area contributed by atoms with Crippen molar-refractivity contribution < 1.29 is 9.66 Å². The molecule has 0 saturated carbocycles. The Balaban J connectivity index is 2.23. The van der Waals surface area contributed by atoms with E-state index in [9.17, 15) is 10.1 Å². The van der Waals surface area contributed by atoms with E-state index in [0.717, 1.165) is 30.8 Å². The van der Waals surface area contributed by atoms with Gasteiger partial charge in [-0.05, 0) is 31.5 Å². The molecule has 5 nitrogen and oxygen atoms in total. The van der Waals surface area contributed by atoms with Gasteiger partial charge in [-0.2, -0.15) is 0 Å². The standard InChI is InChI=1S/C11H14N2O3/c1-16-11-3-2-10(13(14)15)5-9(11)4-8-6-12-7-8/h2-3,5,8,12H,4,6-7H2,1H3. The van der Waals surface area contributed by atoms with Crippen LogP contribution in [-0.2, 0) is 6.42 Å². The molecule has 0 spiro atoms. The molecule has 5 heteroatoms. The van der Waals surface area contributed by atoms with Gasteiger partial charge in [-0.3, -0.25) is 10.1 Å². The van der Waals surface area contributed by atoms with Gasteiger partial charge in [-0.15, -0.1) is 0 Å².